The van der Waals surface area contributed by atoms with Crippen LogP contribution in [0.4, 0.5) is 4.79 Å². The van der Waals surface area contributed by atoms with Crippen LogP contribution in [0.15, 0.2) is 54.9 Å². The number of imide groups is 1. The number of hydrogen-bond acceptors (Lipinski definition) is 4. The van der Waals surface area contributed by atoms with Crippen molar-refractivity contribution in [3.05, 3.63) is 60.4 Å². The zero-order valence-corrected chi connectivity index (χ0v) is 18.6. The number of nitrogens with zero attached hydrogens (tertiary/aromatic N) is 4. The number of para-hydroxylation sites is 1. The Balaban J connectivity index is 1.43. The van der Waals surface area contributed by atoms with Crippen LogP contribution >= 0.6 is 0 Å². The average Bonchev–Trinajstić information content (AvgIpc) is 3.39. The number of hydrogen-bond donors (Lipinski definition) is 1. The van der Waals surface area contributed by atoms with Crippen molar-refractivity contribution < 1.29 is 14.4 Å². The van der Waals surface area contributed by atoms with Crippen molar-refractivity contribution in [2.75, 3.05) is 19.6 Å². The summed E-state index contributed by atoms with van der Waals surface area (Å²) in [6, 6.07) is 9.29. The molecule has 4 amide bonds. The molecule has 2 fully saturated rings. The molecule has 0 saturated carbocycles. The number of aromatic nitrogens is 2. The fourth-order valence-electron chi connectivity index (χ4n) is 4.78. The Bertz CT molecular complexity index is 1040. The first-order valence-corrected chi connectivity index (χ1v) is 11.0. The zero-order valence-electron chi connectivity index (χ0n) is 18.6. The Hall–Kier alpha value is -3.42. The van der Waals surface area contributed by atoms with Crippen LogP contribution in [0, 0.1) is 5.92 Å². The number of benzene rings is 1. The van der Waals surface area contributed by atoms with Gasteiger partial charge in [-0.05, 0) is 44.2 Å². The predicted molar refractivity (Wildman–Crippen MR) is 120 cm³/mol. The third kappa shape index (κ3) is 3.81. The first-order valence-electron chi connectivity index (χ1n) is 11.0. The fourth-order valence-corrected chi connectivity index (χ4v) is 4.78. The van der Waals surface area contributed by atoms with Crippen LogP contribution in [0.3, 0.4) is 0 Å². The number of piperidine rings is 1. The second-order valence-electron chi connectivity index (χ2n) is 8.68. The van der Waals surface area contributed by atoms with Crippen molar-refractivity contribution in [3.63, 3.8) is 0 Å². The van der Waals surface area contributed by atoms with Gasteiger partial charge in [-0.15, -0.1) is 0 Å². The van der Waals surface area contributed by atoms with E-state index in [0.717, 1.165) is 11.3 Å². The minimum Gasteiger partial charge on any atom is -0.339 e. The van der Waals surface area contributed by atoms with E-state index in [0.29, 0.717) is 37.9 Å². The zero-order chi connectivity index (χ0) is 22.9. The maximum atomic E-state index is 13.2. The van der Waals surface area contributed by atoms with Crippen LogP contribution in [-0.4, -0.2) is 62.6 Å². The molecule has 1 aromatic carbocycles. The van der Waals surface area contributed by atoms with Crippen molar-refractivity contribution >= 4 is 17.8 Å². The molecule has 168 valence electrons. The molecule has 2 aliphatic heterocycles. The summed E-state index contributed by atoms with van der Waals surface area (Å²) in [4.78, 5) is 41.8. The number of urea groups is 1. The molecule has 32 heavy (non-hydrogen) atoms. The Morgan fingerprint density at radius 2 is 1.91 bits per heavy atom. The van der Waals surface area contributed by atoms with E-state index < -0.39 is 5.54 Å². The second kappa shape index (κ2) is 8.61. The van der Waals surface area contributed by atoms with Crippen molar-refractivity contribution in [1.82, 2.24) is 24.9 Å². The van der Waals surface area contributed by atoms with Crippen molar-refractivity contribution in [3.8, 4) is 5.69 Å². The molecule has 2 saturated heterocycles. The van der Waals surface area contributed by atoms with Gasteiger partial charge in [0, 0.05) is 19.3 Å². The van der Waals surface area contributed by atoms with E-state index in [1.54, 1.807) is 28.9 Å². The summed E-state index contributed by atoms with van der Waals surface area (Å²) in [6.45, 7) is 8.86. The van der Waals surface area contributed by atoms with E-state index >= 15 is 0 Å². The molecule has 1 N–H and O–H groups in total. The summed E-state index contributed by atoms with van der Waals surface area (Å²) < 4.78 is 1.69. The molecule has 3 heterocycles. The highest BCUT2D eigenvalue weighted by molar-refractivity contribution is 6.07. The van der Waals surface area contributed by atoms with Crippen LogP contribution in [0.2, 0.25) is 0 Å². The summed E-state index contributed by atoms with van der Waals surface area (Å²) in [5, 5.41) is 7.29. The highest BCUT2D eigenvalue weighted by atomic mass is 16.2. The highest BCUT2D eigenvalue weighted by Gasteiger charge is 2.54. The maximum absolute atomic E-state index is 13.2. The van der Waals surface area contributed by atoms with E-state index in [2.05, 4.69) is 17.0 Å². The number of carbonyl (C=O) groups excluding carboxylic acids is 3. The summed E-state index contributed by atoms with van der Waals surface area (Å²) in [5.41, 5.74) is 1.29. The summed E-state index contributed by atoms with van der Waals surface area (Å²) in [5.74, 6) is -0.265. The monoisotopic (exact) mass is 435 g/mol. The van der Waals surface area contributed by atoms with Gasteiger partial charge in [0.25, 0.3) is 11.8 Å². The van der Waals surface area contributed by atoms with Gasteiger partial charge in [-0.2, -0.15) is 5.10 Å². The largest absolute Gasteiger partial charge is 0.339 e. The quantitative estimate of drug-likeness (QED) is 0.558. The molecule has 0 aliphatic carbocycles. The van der Waals surface area contributed by atoms with Crippen molar-refractivity contribution in [2.24, 2.45) is 5.92 Å². The molecular formula is C24H29N5O3. The molecule has 4 rings (SSSR count). The molecule has 0 spiro atoms. The van der Waals surface area contributed by atoms with Gasteiger partial charge in [-0.25, -0.2) is 9.48 Å². The van der Waals surface area contributed by atoms with Crippen molar-refractivity contribution in [2.45, 2.75) is 38.6 Å². The average molecular weight is 436 g/mol. The number of carbonyl (C=O) groups is 3. The van der Waals surface area contributed by atoms with Gasteiger partial charge in [-0.1, -0.05) is 37.3 Å². The third-order valence-corrected chi connectivity index (χ3v) is 6.52. The van der Waals surface area contributed by atoms with E-state index in [9.17, 15) is 14.4 Å². The standard InChI is InChI=1S/C24H29N5O3/c1-4-24(22(31)28(15-17(2)3)23(32)26-24)19-10-12-27(13-11-19)21(30)18-14-25-29(16-18)20-8-6-5-7-9-20/h5-9,14,16,19H,2,4,10-13,15H2,1,3H3,(H,26,32)/t24-/m1/s1. The Morgan fingerprint density at radius 3 is 2.53 bits per heavy atom. The maximum Gasteiger partial charge on any atom is 0.325 e. The van der Waals surface area contributed by atoms with Crippen LogP contribution < -0.4 is 5.32 Å². The number of nitrogens with one attached hydrogen (secondary N) is 1. The topological polar surface area (TPSA) is 87.5 Å². The van der Waals surface area contributed by atoms with E-state index in [4.69, 9.17) is 0 Å². The third-order valence-electron chi connectivity index (χ3n) is 6.52. The molecule has 0 bridgehead atoms. The predicted octanol–water partition coefficient (Wildman–Crippen LogP) is 3.00. The van der Waals surface area contributed by atoms with Gasteiger partial charge in [-0.3, -0.25) is 14.5 Å². The first kappa shape index (κ1) is 21.8. The molecule has 1 aromatic heterocycles. The summed E-state index contributed by atoms with van der Waals surface area (Å²) in [6.07, 6.45) is 5.16. The lowest BCUT2D eigenvalue weighted by atomic mass is 9.75. The Morgan fingerprint density at radius 1 is 1.22 bits per heavy atom. The van der Waals surface area contributed by atoms with Crippen LogP contribution in [0.5, 0.6) is 0 Å². The molecule has 8 heteroatoms. The Labute approximate surface area is 187 Å². The summed E-state index contributed by atoms with van der Waals surface area (Å²) >= 11 is 0. The van der Waals surface area contributed by atoms with Crippen molar-refractivity contribution in [1.29, 1.82) is 0 Å². The van der Waals surface area contributed by atoms with Crippen LogP contribution in [0.25, 0.3) is 5.69 Å². The second-order valence-corrected chi connectivity index (χ2v) is 8.68. The van der Waals surface area contributed by atoms with E-state index in [1.165, 1.54) is 4.90 Å². The van der Waals surface area contributed by atoms with Gasteiger partial charge in [0.05, 0.1) is 24.0 Å². The number of likely N-dealkylation sites (tertiary alicyclic amines) is 1. The van der Waals surface area contributed by atoms with E-state index in [1.807, 2.05) is 37.3 Å². The molecule has 2 aromatic rings. The minimum atomic E-state index is -0.903. The molecule has 0 unspecified atom stereocenters. The molecule has 0 radical (unpaired) electrons. The van der Waals surface area contributed by atoms with Gasteiger partial charge in [0.2, 0.25) is 0 Å². The normalized spacial score (nSPS) is 21.7. The molecular weight excluding hydrogens is 406 g/mol. The van der Waals surface area contributed by atoms with E-state index in [-0.39, 0.29) is 30.3 Å². The fraction of sp³-hybridized carbons (Fsp3) is 0.417. The number of rotatable bonds is 6. The highest BCUT2D eigenvalue weighted by Crippen LogP contribution is 2.36. The molecule has 8 nitrogen and oxygen atoms in total. The van der Waals surface area contributed by atoms with Gasteiger partial charge < -0.3 is 10.2 Å². The van der Waals surface area contributed by atoms with Crippen LogP contribution in [-0.2, 0) is 4.79 Å². The molecule has 1 atom stereocenters. The van der Waals surface area contributed by atoms with Crippen LogP contribution in [0.1, 0.15) is 43.5 Å². The number of amides is 4. The summed E-state index contributed by atoms with van der Waals surface area (Å²) in [7, 11) is 0. The SMILES string of the molecule is C=C(C)CN1C(=O)N[C@](CC)(C2CCN(C(=O)c3cnn(-c4ccccc4)c3)CC2)C1=O. The first-order chi connectivity index (χ1) is 15.4. The minimum absolute atomic E-state index is 0.0184. The van der Waals surface area contributed by atoms with Gasteiger partial charge >= 0.3 is 6.03 Å². The lowest BCUT2D eigenvalue weighted by Gasteiger charge is -2.40. The smallest absolute Gasteiger partial charge is 0.325 e. The lowest BCUT2D eigenvalue weighted by molar-refractivity contribution is -0.133. The lowest BCUT2D eigenvalue weighted by Crippen LogP contribution is -2.56. The Kier molecular flexibility index (Phi) is 5.86. The van der Waals surface area contributed by atoms with Gasteiger partial charge in [0.1, 0.15) is 5.54 Å². The molecule has 2 aliphatic rings. The van der Waals surface area contributed by atoms with Gasteiger partial charge in [0.15, 0.2) is 0 Å².